The van der Waals surface area contributed by atoms with Crippen LogP contribution in [0.2, 0.25) is 0 Å². The SMILES string of the molecule is CCCCCCCCCCCCCCCC(=O)O[C@H](COC(=O)CCCCCCCCCCC(C)CC)COP(=O)(O)OC[C@@H](O)COP(=O)(O)OC[C@@H](COC(=O)CCCCCCCCC(C)C)OC(=O)CCCCCCCCCCCC. The van der Waals surface area contributed by atoms with E-state index in [-0.39, 0.29) is 25.7 Å². The van der Waals surface area contributed by atoms with E-state index in [0.717, 1.165) is 102 Å². The number of esters is 4. The predicted octanol–water partition coefficient (Wildman–Crippen LogP) is 18.0. The molecule has 84 heavy (non-hydrogen) atoms. The van der Waals surface area contributed by atoms with Crippen LogP contribution in [0, 0.1) is 11.8 Å². The molecule has 3 unspecified atom stereocenters. The van der Waals surface area contributed by atoms with Crippen molar-refractivity contribution in [2.45, 2.75) is 342 Å². The standard InChI is InChI=1S/C65H126O17P2/c1-7-10-12-14-16-18-20-21-22-24-30-38-44-50-65(70)81-60(53-75-62(67)47-41-35-28-26-25-27-34-40-46-58(6)9-3)55-79-83(71,72)77-51-59(66)52-78-84(73,74)80-56-61(54-76-63(68)48-42-36-32-31-33-39-45-57(4)5)82-64(69)49-43-37-29-23-19-17-15-13-11-8-2/h57-61,66H,7-56H2,1-6H3,(H,71,72)(H,73,74)/t58?,59-,60-,61-/m1/s1. The molecule has 0 amide bonds. The number of hydrogen-bond donors (Lipinski definition) is 3. The highest BCUT2D eigenvalue weighted by atomic mass is 31.2. The highest BCUT2D eigenvalue weighted by molar-refractivity contribution is 7.47. The second-order valence-corrected chi connectivity index (χ2v) is 27.1. The Kier molecular flexibility index (Phi) is 56.2. The van der Waals surface area contributed by atoms with Crippen molar-refractivity contribution in [1.82, 2.24) is 0 Å². The fourth-order valence-electron chi connectivity index (χ4n) is 9.68. The van der Waals surface area contributed by atoms with Crippen LogP contribution in [-0.2, 0) is 65.4 Å². The molecule has 0 aliphatic carbocycles. The van der Waals surface area contributed by atoms with E-state index in [9.17, 15) is 43.2 Å². The zero-order chi connectivity index (χ0) is 62.2. The molecule has 0 rings (SSSR count). The van der Waals surface area contributed by atoms with E-state index in [1.807, 2.05) is 0 Å². The first-order valence-corrected chi connectivity index (χ1v) is 37.0. The Balaban J connectivity index is 5.25. The van der Waals surface area contributed by atoms with Gasteiger partial charge in [0.15, 0.2) is 12.2 Å². The monoisotopic (exact) mass is 1240 g/mol. The van der Waals surface area contributed by atoms with Gasteiger partial charge in [-0.2, -0.15) is 0 Å². The van der Waals surface area contributed by atoms with Crippen molar-refractivity contribution in [3.8, 4) is 0 Å². The zero-order valence-electron chi connectivity index (χ0n) is 54.2. The van der Waals surface area contributed by atoms with Crippen molar-refractivity contribution >= 4 is 39.5 Å². The summed E-state index contributed by atoms with van der Waals surface area (Å²) in [4.78, 5) is 72.2. The van der Waals surface area contributed by atoms with Crippen molar-refractivity contribution in [3.63, 3.8) is 0 Å². The molecule has 17 nitrogen and oxygen atoms in total. The minimum atomic E-state index is -4.95. The zero-order valence-corrected chi connectivity index (χ0v) is 56.0. The minimum Gasteiger partial charge on any atom is -0.462 e. The van der Waals surface area contributed by atoms with Crippen molar-refractivity contribution in [2.24, 2.45) is 11.8 Å². The van der Waals surface area contributed by atoms with Gasteiger partial charge in [0.05, 0.1) is 26.4 Å². The molecule has 6 atom stereocenters. The van der Waals surface area contributed by atoms with E-state index in [0.29, 0.717) is 31.6 Å². The maximum absolute atomic E-state index is 13.0. The minimum absolute atomic E-state index is 0.105. The lowest BCUT2D eigenvalue weighted by molar-refractivity contribution is -0.161. The molecule has 0 aromatic rings. The molecule has 0 saturated heterocycles. The smallest absolute Gasteiger partial charge is 0.462 e. The van der Waals surface area contributed by atoms with Gasteiger partial charge in [-0.05, 0) is 37.5 Å². The molecule has 0 saturated carbocycles. The van der Waals surface area contributed by atoms with Crippen LogP contribution in [-0.4, -0.2) is 96.7 Å². The summed E-state index contributed by atoms with van der Waals surface area (Å²) in [5.74, 6) is -0.675. The summed E-state index contributed by atoms with van der Waals surface area (Å²) in [5.41, 5.74) is 0. The van der Waals surface area contributed by atoms with Gasteiger partial charge in [0.2, 0.25) is 0 Å². The summed E-state index contributed by atoms with van der Waals surface area (Å²) < 4.78 is 68.0. The Bertz CT molecular complexity index is 1650. The van der Waals surface area contributed by atoms with E-state index in [1.165, 1.54) is 135 Å². The number of ether oxygens (including phenoxy) is 4. The molecule has 0 radical (unpaired) electrons. The number of unbranched alkanes of at least 4 members (excludes halogenated alkanes) is 33. The molecule has 0 aromatic carbocycles. The van der Waals surface area contributed by atoms with Crippen LogP contribution in [0.15, 0.2) is 0 Å². The number of phosphoric acid groups is 2. The van der Waals surface area contributed by atoms with Gasteiger partial charge in [-0.1, -0.05) is 273 Å². The summed E-state index contributed by atoms with van der Waals surface area (Å²) in [7, 11) is -9.89. The highest BCUT2D eigenvalue weighted by Crippen LogP contribution is 2.45. The molecule has 0 spiro atoms. The molecule has 0 aromatic heterocycles. The van der Waals surface area contributed by atoms with Crippen molar-refractivity contribution in [3.05, 3.63) is 0 Å². The normalized spacial score (nSPS) is 14.6. The third-order valence-electron chi connectivity index (χ3n) is 15.3. The average Bonchev–Trinajstić information content (AvgIpc) is 3.57. The Morgan fingerprint density at radius 3 is 0.905 bits per heavy atom. The lowest BCUT2D eigenvalue weighted by Crippen LogP contribution is -2.30. The molecule has 0 heterocycles. The van der Waals surface area contributed by atoms with Crippen LogP contribution in [0.4, 0.5) is 0 Å². The molecule has 0 fully saturated rings. The third kappa shape index (κ3) is 57.8. The Morgan fingerprint density at radius 2 is 0.607 bits per heavy atom. The number of aliphatic hydroxyl groups is 1. The number of phosphoric ester groups is 2. The molecular weight excluding hydrogens is 1110 g/mol. The van der Waals surface area contributed by atoms with Crippen molar-refractivity contribution < 1.29 is 80.2 Å². The number of hydrogen-bond acceptors (Lipinski definition) is 15. The van der Waals surface area contributed by atoms with Crippen LogP contribution in [0.25, 0.3) is 0 Å². The molecule has 0 aliphatic heterocycles. The number of carbonyl (C=O) groups is 4. The fraction of sp³-hybridized carbons (Fsp3) is 0.938. The number of rotatable bonds is 64. The van der Waals surface area contributed by atoms with Gasteiger partial charge in [-0.25, -0.2) is 9.13 Å². The van der Waals surface area contributed by atoms with Crippen molar-refractivity contribution in [2.75, 3.05) is 39.6 Å². The summed E-state index contributed by atoms with van der Waals surface area (Å²) in [6.45, 7) is 9.42. The van der Waals surface area contributed by atoms with Crippen LogP contribution in [0.1, 0.15) is 324 Å². The van der Waals surface area contributed by atoms with Crippen molar-refractivity contribution in [1.29, 1.82) is 0 Å². The maximum Gasteiger partial charge on any atom is 0.472 e. The van der Waals surface area contributed by atoms with Crippen LogP contribution < -0.4 is 0 Å². The second-order valence-electron chi connectivity index (χ2n) is 24.2. The van der Waals surface area contributed by atoms with Gasteiger partial charge < -0.3 is 33.8 Å². The van der Waals surface area contributed by atoms with E-state index in [4.69, 9.17) is 37.0 Å². The van der Waals surface area contributed by atoms with Crippen LogP contribution in [0.3, 0.4) is 0 Å². The first-order chi connectivity index (χ1) is 40.4. The maximum atomic E-state index is 13.0. The molecule has 19 heteroatoms. The van der Waals surface area contributed by atoms with Gasteiger partial charge in [-0.15, -0.1) is 0 Å². The second kappa shape index (κ2) is 57.5. The molecule has 0 bridgehead atoms. The summed E-state index contributed by atoms with van der Waals surface area (Å²) in [5, 5.41) is 10.5. The Labute approximate surface area is 511 Å². The average molecular weight is 1240 g/mol. The topological polar surface area (TPSA) is 237 Å². The molecule has 0 aliphatic rings. The van der Waals surface area contributed by atoms with Crippen LogP contribution >= 0.6 is 15.6 Å². The predicted molar refractivity (Wildman–Crippen MR) is 335 cm³/mol. The van der Waals surface area contributed by atoms with E-state index in [2.05, 4.69) is 41.5 Å². The summed E-state index contributed by atoms with van der Waals surface area (Å²) in [6.07, 6.45) is 40.3. The Morgan fingerprint density at radius 1 is 0.345 bits per heavy atom. The first kappa shape index (κ1) is 82.1. The Hall–Kier alpha value is -1.94. The largest absolute Gasteiger partial charge is 0.472 e. The van der Waals surface area contributed by atoms with Gasteiger partial charge in [0.25, 0.3) is 0 Å². The first-order valence-electron chi connectivity index (χ1n) is 34.0. The lowest BCUT2D eigenvalue weighted by atomic mass is 9.99. The van der Waals surface area contributed by atoms with Crippen LogP contribution in [0.5, 0.6) is 0 Å². The van der Waals surface area contributed by atoms with Gasteiger partial charge in [0.1, 0.15) is 19.3 Å². The fourth-order valence-corrected chi connectivity index (χ4v) is 11.3. The van der Waals surface area contributed by atoms with Gasteiger partial charge in [0, 0.05) is 25.7 Å². The number of carbonyl (C=O) groups excluding carboxylic acids is 4. The summed E-state index contributed by atoms with van der Waals surface area (Å²) >= 11 is 0. The quantitative estimate of drug-likeness (QED) is 0.0222. The molecule has 3 N–H and O–H groups in total. The highest BCUT2D eigenvalue weighted by Gasteiger charge is 2.30. The molecule has 498 valence electrons. The third-order valence-corrected chi connectivity index (χ3v) is 17.2. The van der Waals surface area contributed by atoms with E-state index < -0.39 is 97.5 Å². The number of aliphatic hydroxyl groups excluding tert-OH is 1. The van der Waals surface area contributed by atoms with E-state index in [1.54, 1.807) is 0 Å². The molecular formula is C65H126O17P2. The van der Waals surface area contributed by atoms with E-state index >= 15 is 0 Å². The van der Waals surface area contributed by atoms with Gasteiger partial charge >= 0.3 is 39.5 Å². The summed E-state index contributed by atoms with van der Waals surface area (Å²) in [6, 6.07) is 0. The lowest BCUT2D eigenvalue weighted by Gasteiger charge is -2.21. The van der Waals surface area contributed by atoms with Gasteiger partial charge in [-0.3, -0.25) is 37.3 Å².